The van der Waals surface area contributed by atoms with E-state index in [2.05, 4.69) is 15.5 Å². The van der Waals surface area contributed by atoms with E-state index in [0.29, 0.717) is 17.9 Å². The zero-order valence-electron chi connectivity index (χ0n) is 15.0. The van der Waals surface area contributed by atoms with Gasteiger partial charge in [0.2, 0.25) is 5.88 Å². The van der Waals surface area contributed by atoms with Crippen molar-refractivity contribution in [2.24, 2.45) is 0 Å². The van der Waals surface area contributed by atoms with Crippen molar-refractivity contribution in [2.75, 3.05) is 25.2 Å². The molecule has 0 fully saturated rings. The Morgan fingerprint density at radius 2 is 2.00 bits per heavy atom. The molecule has 10 heteroatoms. The third-order valence-corrected chi connectivity index (χ3v) is 4.39. The number of halogens is 3. The Balaban J connectivity index is 2.23. The van der Waals surface area contributed by atoms with Gasteiger partial charge in [-0.15, -0.1) is 22.0 Å². The molecule has 0 unspecified atom stereocenters. The largest absolute Gasteiger partial charge is 0.437 e. The number of hydrogen-bond donors (Lipinski definition) is 1. The number of benzene rings is 1. The summed E-state index contributed by atoms with van der Waals surface area (Å²) >= 11 is 1.000. The Morgan fingerprint density at radius 3 is 2.63 bits per heavy atom. The van der Waals surface area contributed by atoms with Crippen molar-refractivity contribution in [1.29, 1.82) is 0 Å². The molecule has 1 aromatic heterocycles. The average Bonchev–Trinajstić information content (AvgIpc) is 2.60. The molecular weight excluding hydrogens is 381 g/mol. The van der Waals surface area contributed by atoms with Crippen LogP contribution < -0.4 is 10.1 Å². The Kier molecular flexibility index (Phi) is 6.89. The molecule has 1 N–H and O–H groups in total. The van der Waals surface area contributed by atoms with E-state index in [4.69, 9.17) is 4.74 Å². The third kappa shape index (κ3) is 6.02. The minimum atomic E-state index is -4.56. The van der Waals surface area contributed by atoms with Crippen molar-refractivity contribution in [3.63, 3.8) is 0 Å². The Bertz CT molecular complexity index is 800. The number of hydrogen-bond acceptors (Lipinski definition) is 5. The molecule has 0 bridgehead atoms. The van der Waals surface area contributed by atoms with Crippen LogP contribution in [0.5, 0.6) is 11.6 Å². The molecule has 0 saturated heterocycles. The smallest absolute Gasteiger partial charge is 0.419 e. The second kappa shape index (κ2) is 8.94. The van der Waals surface area contributed by atoms with Gasteiger partial charge in [0.25, 0.3) is 0 Å². The van der Waals surface area contributed by atoms with Gasteiger partial charge < -0.3 is 15.0 Å². The van der Waals surface area contributed by atoms with Gasteiger partial charge in [-0.25, -0.2) is 4.79 Å². The summed E-state index contributed by atoms with van der Waals surface area (Å²) in [6.07, 6.45) is -3.85. The number of rotatable bonds is 6. The number of carbonyl (C=O) groups is 1. The molecule has 146 valence electrons. The number of ether oxygens (including phenoxy) is 1. The number of carbonyl (C=O) groups excluding carboxylic acids is 1. The van der Waals surface area contributed by atoms with Crippen molar-refractivity contribution < 1.29 is 22.7 Å². The highest BCUT2D eigenvalue weighted by Gasteiger charge is 2.35. The van der Waals surface area contributed by atoms with Gasteiger partial charge in [-0.05, 0) is 24.3 Å². The van der Waals surface area contributed by atoms with E-state index in [1.165, 1.54) is 11.0 Å². The highest BCUT2D eigenvalue weighted by Crippen LogP contribution is 2.37. The van der Waals surface area contributed by atoms with Crippen LogP contribution in [0.25, 0.3) is 0 Å². The molecule has 2 aromatic rings. The number of aromatic nitrogens is 2. The van der Waals surface area contributed by atoms with E-state index in [9.17, 15) is 18.0 Å². The highest BCUT2D eigenvalue weighted by molar-refractivity contribution is 7.99. The summed E-state index contributed by atoms with van der Waals surface area (Å²) in [5.74, 6) is 0.452. The summed E-state index contributed by atoms with van der Waals surface area (Å²) in [4.78, 5) is 13.0. The van der Waals surface area contributed by atoms with Gasteiger partial charge in [0, 0.05) is 31.9 Å². The average molecular weight is 400 g/mol. The van der Waals surface area contributed by atoms with Gasteiger partial charge in [0.15, 0.2) is 0 Å². The summed E-state index contributed by atoms with van der Waals surface area (Å²) in [5.41, 5.74) is -0.451. The van der Waals surface area contributed by atoms with E-state index in [1.807, 2.05) is 6.92 Å². The molecule has 0 saturated carbocycles. The van der Waals surface area contributed by atoms with Crippen molar-refractivity contribution in [2.45, 2.75) is 24.5 Å². The van der Waals surface area contributed by atoms with Gasteiger partial charge in [0.1, 0.15) is 10.8 Å². The van der Waals surface area contributed by atoms with Gasteiger partial charge >= 0.3 is 12.2 Å². The second-order valence-corrected chi connectivity index (χ2v) is 6.79. The lowest BCUT2D eigenvalue weighted by Crippen LogP contribution is -2.27. The standard InChI is InChI=1S/C17H19F3N4O2S/c1-4-8-27-15-13(17(18,19)20)10-14(22-23-15)26-12-7-5-6-11(9-12)21-16(25)24(2)3/h5-7,9-10H,4,8H2,1-3H3,(H,21,25). The van der Waals surface area contributed by atoms with E-state index in [0.717, 1.165) is 17.8 Å². The molecule has 0 aliphatic heterocycles. The fourth-order valence-corrected chi connectivity index (χ4v) is 2.74. The Labute approximate surface area is 159 Å². The monoisotopic (exact) mass is 400 g/mol. The first-order valence-corrected chi connectivity index (χ1v) is 9.03. The molecular formula is C17H19F3N4O2S. The molecule has 1 aromatic carbocycles. The number of amides is 2. The number of anilines is 1. The first-order chi connectivity index (χ1) is 12.7. The van der Waals surface area contributed by atoms with Crippen LogP contribution in [0.4, 0.5) is 23.7 Å². The molecule has 2 rings (SSSR count). The third-order valence-electron chi connectivity index (χ3n) is 3.20. The molecule has 1 heterocycles. The Hall–Kier alpha value is -2.49. The van der Waals surface area contributed by atoms with Gasteiger partial charge in [-0.3, -0.25) is 0 Å². The van der Waals surface area contributed by atoms with Crippen LogP contribution in [0.1, 0.15) is 18.9 Å². The summed E-state index contributed by atoms with van der Waals surface area (Å²) < 4.78 is 45.3. The fourth-order valence-electron chi connectivity index (χ4n) is 1.91. The maximum atomic E-state index is 13.3. The predicted molar refractivity (Wildman–Crippen MR) is 97.3 cm³/mol. The minimum absolute atomic E-state index is 0.177. The normalized spacial score (nSPS) is 11.2. The first-order valence-electron chi connectivity index (χ1n) is 8.04. The highest BCUT2D eigenvalue weighted by atomic mass is 32.2. The molecule has 0 spiro atoms. The van der Waals surface area contributed by atoms with E-state index < -0.39 is 11.7 Å². The molecule has 0 radical (unpaired) electrons. The number of alkyl halides is 3. The lowest BCUT2D eigenvalue weighted by Gasteiger charge is -2.14. The van der Waals surface area contributed by atoms with Crippen LogP contribution in [-0.2, 0) is 6.18 Å². The fraction of sp³-hybridized carbons (Fsp3) is 0.353. The molecule has 2 amide bonds. The molecule has 0 atom stereocenters. The van der Waals surface area contributed by atoms with Crippen LogP contribution in [0.3, 0.4) is 0 Å². The lowest BCUT2D eigenvalue weighted by atomic mass is 10.3. The number of thioether (sulfide) groups is 1. The van der Waals surface area contributed by atoms with E-state index in [1.54, 1.807) is 32.3 Å². The van der Waals surface area contributed by atoms with Gasteiger partial charge in [0.05, 0.1) is 5.56 Å². The summed E-state index contributed by atoms with van der Waals surface area (Å²) in [7, 11) is 3.17. The zero-order valence-corrected chi connectivity index (χ0v) is 15.8. The van der Waals surface area contributed by atoms with E-state index >= 15 is 0 Å². The number of nitrogens with one attached hydrogen (secondary N) is 1. The molecule has 0 aliphatic rings. The minimum Gasteiger partial charge on any atom is -0.437 e. The number of nitrogens with zero attached hydrogens (tertiary/aromatic N) is 3. The summed E-state index contributed by atoms with van der Waals surface area (Å²) in [6, 6.07) is 6.74. The molecule has 0 aliphatic carbocycles. The predicted octanol–water partition coefficient (Wildman–Crippen LogP) is 4.88. The number of urea groups is 1. The topological polar surface area (TPSA) is 67.4 Å². The van der Waals surface area contributed by atoms with Crippen molar-refractivity contribution in [3.05, 3.63) is 35.9 Å². The Morgan fingerprint density at radius 1 is 1.26 bits per heavy atom. The van der Waals surface area contributed by atoms with Crippen molar-refractivity contribution in [3.8, 4) is 11.6 Å². The SMILES string of the molecule is CCCSc1nnc(Oc2cccc(NC(=O)N(C)C)c2)cc1C(F)(F)F. The summed E-state index contributed by atoms with van der Waals surface area (Å²) in [6.45, 7) is 1.87. The zero-order chi connectivity index (χ0) is 20.0. The first kappa shape index (κ1) is 20.8. The van der Waals surface area contributed by atoms with Crippen molar-refractivity contribution >= 4 is 23.5 Å². The van der Waals surface area contributed by atoms with E-state index in [-0.39, 0.29) is 22.7 Å². The van der Waals surface area contributed by atoms with Crippen LogP contribution in [0.15, 0.2) is 35.4 Å². The molecule has 6 nitrogen and oxygen atoms in total. The molecule has 27 heavy (non-hydrogen) atoms. The van der Waals surface area contributed by atoms with Crippen LogP contribution in [-0.4, -0.2) is 41.0 Å². The van der Waals surface area contributed by atoms with Gasteiger partial charge in [-0.2, -0.15) is 13.2 Å². The maximum absolute atomic E-state index is 13.3. The lowest BCUT2D eigenvalue weighted by molar-refractivity contribution is -0.140. The van der Waals surface area contributed by atoms with Gasteiger partial charge in [-0.1, -0.05) is 13.0 Å². The van der Waals surface area contributed by atoms with Crippen LogP contribution >= 0.6 is 11.8 Å². The van der Waals surface area contributed by atoms with Crippen LogP contribution in [0.2, 0.25) is 0 Å². The maximum Gasteiger partial charge on any atom is 0.419 e. The summed E-state index contributed by atoms with van der Waals surface area (Å²) in [5, 5.41) is 9.84. The van der Waals surface area contributed by atoms with Crippen molar-refractivity contribution in [1.82, 2.24) is 15.1 Å². The van der Waals surface area contributed by atoms with Crippen LogP contribution in [0, 0.1) is 0 Å². The quantitative estimate of drug-likeness (QED) is 0.700. The second-order valence-electron chi connectivity index (χ2n) is 5.70.